The minimum atomic E-state index is -0.249. The quantitative estimate of drug-likeness (QED) is 0.385. The van der Waals surface area contributed by atoms with E-state index in [2.05, 4.69) is 23.7 Å². The van der Waals surface area contributed by atoms with Crippen LogP contribution in [0.2, 0.25) is 0 Å². The Morgan fingerprint density at radius 3 is 2.66 bits per heavy atom. The molecule has 35 heavy (non-hydrogen) atoms. The van der Waals surface area contributed by atoms with Crippen molar-refractivity contribution in [3.05, 3.63) is 17.5 Å². The summed E-state index contributed by atoms with van der Waals surface area (Å²) in [6.07, 6.45) is 2.55. The standard InChI is InChI=1S/C24H29N5O4S2/c1-24(2)11-15-16(12-33-24)21(29-5-9-32-10-6-29)27-22-18(15)19-20(35-22)23(26-14-25-19)34-13-17(30)28-3-7-31-8-4-28/h14H,3-13H2,1-2H3/p+1. The largest absolute Gasteiger partial charge is 0.378 e. The second-order valence-corrected chi connectivity index (χ2v) is 11.7. The summed E-state index contributed by atoms with van der Waals surface area (Å²) in [6.45, 7) is 10.5. The van der Waals surface area contributed by atoms with E-state index in [0.717, 1.165) is 50.8 Å². The number of fused-ring (bicyclic) bond motifs is 5. The van der Waals surface area contributed by atoms with Crippen LogP contribution in [0.15, 0.2) is 11.4 Å². The number of anilines is 1. The Kier molecular flexibility index (Phi) is 6.30. The van der Waals surface area contributed by atoms with Gasteiger partial charge in [0.15, 0.2) is 5.03 Å². The maximum atomic E-state index is 12.7. The first kappa shape index (κ1) is 23.4. The lowest BCUT2D eigenvalue weighted by atomic mass is 9.90. The summed E-state index contributed by atoms with van der Waals surface area (Å²) in [6, 6.07) is 0. The molecule has 0 aromatic carbocycles. The summed E-state index contributed by atoms with van der Waals surface area (Å²) in [5.41, 5.74) is 3.17. The topological polar surface area (TPSA) is 91.2 Å². The van der Waals surface area contributed by atoms with E-state index in [0.29, 0.717) is 51.9 Å². The van der Waals surface area contributed by atoms with Gasteiger partial charge in [0.2, 0.25) is 11.4 Å². The highest BCUT2D eigenvalue weighted by atomic mass is 32.2. The second-order valence-electron chi connectivity index (χ2n) is 9.69. The number of hydrogen-bond donors (Lipinski definition) is 0. The van der Waals surface area contributed by atoms with Crippen LogP contribution in [-0.2, 0) is 32.0 Å². The van der Waals surface area contributed by atoms with Gasteiger partial charge in [-0.1, -0.05) is 11.8 Å². The smallest absolute Gasteiger partial charge is 0.285 e. The van der Waals surface area contributed by atoms with Crippen molar-refractivity contribution in [2.45, 2.75) is 37.5 Å². The number of amides is 1. The molecule has 0 spiro atoms. The van der Waals surface area contributed by atoms with Gasteiger partial charge in [-0.15, -0.1) is 11.3 Å². The van der Waals surface area contributed by atoms with Crippen molar-refractivity contribution in [2.75, 3.05) is 63.3 Å². The molecule has 0 saturated carbocycles. The highest BCUT2D eigenvalue weighted by molar-refractivity contribution is 8.00. The Bertz CT molecular complexity index is 1270. The third-order valence-electron chi connectivity index (χ3n) is 6.83. The molecule has 3 aliphatic rings. The van der Waals surface area contributed by atoms with Crippen LogP contribution in [0.5, 0.6) is 0 Å². The fourth-order valence-electron chi connectivity index (χ4n) is 4.98. The number of morpholine rings is 2. The van der Waals surface area contributed by atoms with Crippen LogP contribution in [-0.4, -0.2) is 84.7 Å². The number of rotatable bonds is 4. The second kappa shape index (κ2) is 9.44. The summed E-state index contributed by atoms with van der Waals surface area (Å²) in [5, 5.41) is 2.09. The number of thioether (sulfide) groups is 1. The van der Waals surface area contributed by atoms with E-state index in [1.54, 1.807) is 17.7 Å². The molecule has 3 aromatic heterocycles. The molecule has 2 fully saturated rings. The molecule has 0 radical (unpaired) electrons. The van der Waals surface area contributed by atoms with Gasteiger partial charge in [0.1, 0.15) is 15.3 Å². The Morgan fingerprint density at radius 1 is 1.14 bits per heavy atom. The van der Waals surface area contributed by atoms with E-state index in [4.69, 9.17) is 24.2 Å². The SMILES string of the molecule is CC1(C)Cc2c(c(N3CCOCC3)nc3sc4c(SCC(=O)N5CCOCC5)[nH+]cnc4c23)CO1. The molecule has 3 aliphatic heterocycles. The molecule has 6 heterocycles. The Morgan fingerprint density at radius 2 is 1.89 bits per heavy atom. The lowest BCUT2D eigenvalue weighted by molar-refractivity contribution is -0.427. The molecule has 9 nitrogen and oxygen atoms in total. The van der Waals surface area contributed by atoms with Gasteiger partial charge >= 0.3 is 0 Å². The molecule has 3 aromatic rings. The molecular weight excluding hydrogens is 486 g/mol. The Labute approximate surface area is 212 Å². The van der Waals surface area contributed by atoms with Gasteiger partial charge < -0.3 is 24.0 Å². The van der Waals surface area contributed by atoms with Crippen molar-refractivity contribution >= 4 is 55.3 Å². The third-order valence-corrected chi connectivity index (χ3v) is 9.05. The zero-order valence-electron chi connectivity index (χ0n) is 20.1. The van der Waals surface area contributed by atoms with E-state index in [-0.39, 0.29) is 11.5 Å². The molecule has 11 heteroatoms. The zero-order chi connectivity index (χ0) is 24.0. The maximum absolute atomic E-state index is 12.7. The molecule has 2 saturated heterocycles. The van der Waals surface area contributed by atoms with Crippen LogP contribution in [0.3, 0.4) is 0 Å². The number of carbonyl (C=O) groups is 1. The number of nitrogens with one attached hydrogen (secondary N) is 1. The van der Waals surface area contributed by atoms with Gasteiger partial charge in [0.05, 0.1) is 49.8 Å². The Balaban J connectivity index is 1.41. The first-order chi connectivity index (χ1) is 17.0. The maximum Gasteiger partial charge on any atom is 0.285 e. The summed E-state index contributed by atoms with van der Waals surface area (Å²) in [4.78, 5) is 31.2. The van der Waals surface area contributed by atoms with Gasteiger partial charge in [0.25, 0.3) is 6.33 Å². The number of pyridine rings is 1. The van der Waals surface area contributed by atoms with Crippen LogP contribution < -0.4 is 9.88 Å². The van der Waals surface area contributed by atoms with Crippen molar-refractivity contribution in [1.29, 1.82) is 0 Å². The number of carbonyl (C=O) groups excluding carboxylic acids is 1. The van der Waals surface area contributed by atoms with Crippen LogP contribution in [0, 0.1) is 0 Å². The summed E-state index contributed by atoms with van der Waals surface area (Å²) < 4.78 is 18.3. The number of H-pyrrole nitrogens is 1. The number of hydrogen-bond acceptors (Lipinski definition) is 9. The van der Waals surface area contributed by atoms with Gasteiger partial charge in [-0.2, -0.15) is 0 Å². The number of ether oxygens (including phenoxy) is 3. The van der Waals surface area contributed by atoms with E-state index in [9.17, 15) is 4.79 Å². The normalized spacial score (nSPS) is 20.4. The van der Waals surface area contributed by atoms with Crippen LogP contribution in [0.1, 0.15) is 25.0 Å². The van der Waals surface area contributed by atoms with Crippen LogP contribution in [0.4, 0.5) is 5.82 Å². The molecular formula is C24H30N5O4S2+. The van der Waals surface area contributed by atoms with E-state index in [1.807, 2.05) is 4.90 Å². The first-order valence-electron chi connectivity index (χ1n) is 12.1. The highest BCUT2D eigenvalue weighted by Gasteiger charge is 2.34. The van der Waals surface area contributed by atoms with Crippen molar-refractivity contribution in [1.82, 2.24) is 14.9 Å². The highest BCUT2D eigenvalue weighted by Crippen LogP contribution is 2.44. The van der Waals surface area contributed by atoms with Crippen molar-refractivity contribution in [2.24, 2.45) is 0 Å². The molecule has 186 valence electrons. The fourth-order valence-corrected chi connectivity index (χ4v) is 7.15. The molecule has 0 atom stereocenters. The van der Waals surface area contributed by atoms with E-state index < -0.39 is 0 Å². The van der Waals surface area contributed by atoms with Crippen LogP contribution in [0.25, 0.3) is 20.4 Å². The number of aromatic amines is 1. The molecule has 0 unspecified atom stereocenters. The average molecular weight is 517 g/mol. The lowest BCUT2D eigenvalue weighted by Gasteiger charge is -2.36. The summed E-state index contributed by atoms with van der Waals surface area (Å²) in [5.74, 6) is 1.54. The molecule has 1 amide bonds. The lowest BCUT2D eigenvalue weighted by Crippen LogP contribution is -2.41. The predicted octanol–water partition coefficient (Wildman–Crippen LogP) is 2.30. The average Bonchev–Trinajstić information content (AvgIpc) is 3.26. The van der Waals surface area contributed by atoms with Crippen molar-refractivity contribution in [3.8, 4) is 0 Å². The third kappa shape index (κ3) is 4.48. The molecule has 0 aliphatic carbocycles. The number of aromatic nitrogens is 3. The summed E-state index contributed by atoms with van der Waals surface area (Å²) >= 11 is 3.20. The minimum Gasteiger partial charge on any atom is -0.378 e. The molecule has 0 bridgehead atoms. The van der Waals surface area contributed by atoms with E-state index >= 15 is 0 Å². The van der Waals surface area contributed by atoms with Gasteiger partial charge in [-0.05, 0) is 24.4 Å². The Hall–Kier alpha value is -2.05. The monoisotopic (exact) mass is 516 g/mol. The number of thiophene rings is 1. The van der Waals surface area contributed by atoms with Crippen molar-refractivity contribution < 1.29 is 24.0 Å². The van der Waals surface area contributed by atoms with E-state index in [1.165, 1.54) is 22.9 Å². The molecule has 6 rings (SSSR count). The fraction of sp³-hybridized carbons (Fsp3) is 0.583. The van der Waals surface area contributed by atoms with Gasteiger partial charge in [-0.25, -0.2) is 9.97 Å². The minimum absolute atomic E-state index is 0.141. The van der Waals surface area contributed by atoms with Crippen LogP contribution >= 0.6 is 23.1 Å². The molecule has 1 N–H and O–H groups in total. The van der Waals surface area contributed by atoms with Gasteiger partial charge in [-0.3, -0.25) is 4.79 Å². The first-order valence-corrected chi connectivity index (χ1v) is 13.9. The number of nitrogens with zero attached hydrogens (tertiary/aromatic N) is 4. The van der Waals surface area contributed by atoms with Crippen molar-refractivity contribution in [3.63, 3.8) is 0 Å². The summed E-state index contributed by atoms with van der Waals surface area (Å²) in [7, 11) is 0. The van der Waals surface area contributed by atoms with Gasteiger partial charge in [0, 0.05) is 38.2 Å². The zero-order valence-corrected chi connectivity index (χ0v) is 21.7. The predicted molar refractivity (Wildman–Crippen MR) is 135 cm³/mol.